The number of alkyl halides is 1. The molecule has 108 valence electrons. The van der Waals surface area contributed by atoms with Crippen LogP contribution in [0.5, 0.6) is 0 Å². The summed E-state index contributed by atoms with van der Waals surface area (Å²) in [6.07, 6.45) is 1.48. The maximum Gasteiger partial charge on any atom is 0.547 e. The van der Waals surface area contributed by atoms with Gasteiger partial charge in [0.2, 0.25) is 0 Å². The highest BCUT2D eigenvalue weighted by Gasteiger charge is 2.34. The van der Waals surface area contributed by atoms with Crippen molar-refractivity contribution < 1.29 is 37.8 Å². The second-order valence-corrected chi connectivity index (χ2v) is 5.08. The highest BCUT2D eigenvalue weighted by molar-refractivity contribution is 7.48. The SMILES string of the molecule is C=CC(=O)OOP(=O)(OCC(C)Cl)OOC(=O)C=C. The van der Waals surface area contributed by atoms with Gasteiger partial charge in [0, 0.05) is 12.2 Å². The fourth-order valence-electron chi connectivity index (χ4n) is 0.482. The lowest BCUT2D eigenvalue weighted by Crippen LogP contribution is -2.11. The molecule has 0 aliphatic carbocycles. The van der Waals surface area contributed by atoms with Gasteiger partial charge in [-0.2, -0.15) is 0 Å². The Kier molecular flexibility index (Phi) is 8.29. The smallest absolute Gasteiger partial charge is 0.283 e. The van der Waals surface area contributed by atoms with Crippen molar-refractivity contribution >= 4 is 31.4 Å². The quantitative estimate of drug-likeness (QED) is 0.210. The van der Waals surface area contributed by atoms with E-state index in [1.165, 1.54) is 6.92 Å². The third-order valence-corrected chi connectivity index (χ3v) is 2.32. The second-order valence-electron chi connectivity index (χ2n) is 2.89. The number of hydrogen-bond donors (Lipinski definition) is 0. The van der Waals surface area contributed by atoms with Crippen molar-refractivity contribution in [1.29, 1.82) is 0 Å². The topological polar surface area (TPSA) is 97.4 Å². The molecule has 0 aliphatic rings. The van der Waals surface area contributed by atoms with E-state index in [2.05, 4.69) is 36.8 Å². The summed E-state index contributed by atoms with van der Waals surface area (Å²) in [4.78, 5) is 29.5. The minimum absolute atomic E-state index is 0.282. The van der Waals surface area contributed by atoms with Crippen LogP contribution in [0, 0.1) is 0 Å². The van der Waals surface area contributed by atoms with Gasteiger partial charge in [0.05, 0.1) is 12.0 Å². The van der Waals surface area contributed by atoms with E-state index in [1.54, 1.807) is 0 Å². The zero-order chi connectivity index (χ0) is 14.9. The van der Waals surface area contributed by atoms with Gasteiger partial charge in [-0.1, -0.05) is 22.5 Å². The summed E-state index contributed by atoms with van der Waals surface area (Å²) < 4.78 is 24.7. The average Bonchev–Trinajstić information content (AvgIpc) is 2.40. The van der Waals surface area contributed by atoms with Crippen LogP contribution in [-0.2, 0) is 37.8 Å². The van der Waals surface area contributed by atoms with Crippen molar-refractivity contribution in [2.45, 2.75) is 12.3 Å². The van der Waals surface area contributed by atoms with Crippen LogP contribution in [0.25, 0.3) is 0 Å². The second kappa shape index (κ2) is 8.84. The van der Waals surface area contributed by atoms with Gasteiger partial charge in [-0.05, 0) is 6.92 Å². The molecule has 19 heavy (non-hydrogen) atoms. The lowest BCUT2D eigenvalue weighted by molar-refractivity contribution is -0.257. The predicted octanol–water partition coefficient (Wildman–Crippen LogP) is 2.06. The molecule has 0 heterocycles. The summed E-state index contributed by atoms with van der Waals surface area (Å²) in [5.74, 6) is -2.11. The summed E-state index contributed by atoms with van der Waals surface area (Å²) in [6.45, 7) is 7.40. The minimum Gasteiger partial charge on any atom is -0.283 e. The number of hydrogen-bond acceptors (Lipinski definition) is 8. The van der Waals surface area contributed by atoms with Crippen LogP contribution < -0.4 is 0 Å². The molecule has 0 radical (unpaired) electrons. The van der Waals surface area contributed by atoms with Crippen LogP contribution in [0.3, 0.4) is 0 Å². The predicted molar refractivity (Wildman–Crippen MR) is 63.6 cm³/mol. The molecular weight excluding hydrogens is 303 g/mol. The van der Waals surface area contributed by atoms with E-state index in [4.69, 9.17) is 11.6 Å². The average molecular weight is 315 g/mol. The molecule has 0 saturated heterocycles. The lowest BCUT2D eigenvalue weighted by Gasteiger charge is -2.14. The first-order valence-corrected chi connectivity index (χ1v) is 6.66. The Hall–Kier alpha value is -1.18. The van der Waals surface area contributed by atoms with Crippen molar-refractivity contribution in [3.8, 4) is 0 Å². The lowest BCUT2D eigenvalue weighted by atomic mass is 10.5. The summed E-state index contributed by atoms with van der Waals surface area (Å²) in [5, 5.41) is -0.550. The molecule has 0 N–H and O–H groups in total. The number of carbonyl (C=O) groups excluding carboxylic acids is 2. The van der Waals surface area contributed by atoms with Crippen LogP contribution >= 0.6 is 19.4 Å². The molecule has 1 unspecified atom stereocenters. The van der Waals surface area contributed by atoms with Crippen molar-refractivity contribution in [3.05, 3.63) is 25.3 Å². The zero-order valence-corrected chi connectivity index (χ0v) is 11.6. The van der Waals surface area contributed by atoms with Crippen LogP contribution in [-0.4, -0.2) is 23.9 Å². The Morgan fingerprint density at radius 1 is 1.21 bits per heavy atom. The molecule has 0 saturated carbocycles. The van der Waals surface area contributed by atoms with Gasteiger partial charge in [-0.3, -0.25) is 14.3 Å². The number of carbonyl (C=O) groups is 2. The molecule has 0 amide bonds. The molecule has 0 spiro atoms. The fraction of sp³-hybridized carbons (Fsp3) is 0.333. The van der Waals surface area contributed by atoms with E-state index in [0.717, 1.165) is 12.2 Å². The van der Waals surface area contributed by atoms with Gasteiger partial charge in [0.15, 0.2) is 0 Å². The number of rotatable bonds is 9. The van der Waals surface area contributed by atoms with Crippen molar-refractivity contribution in [3.63, 3.8) is 0 Å². The molecular formula is C9H12ClO8P. The Bertz CT molecular complexity index is 366. The normalized spacial score (nSPS) is 12.3. The van der Waals surface area contributed by atoms with Gasteiger partial charge >= 0.3 is 19.8 Å². The van der Waals surface area contributed by atoms with Crippen LogP contribution in [0.1, 0.15) is 6.92 Å². The molecule has 0 aromatic heterocycles. The van der Waals surface area contributed by atoms with Gasteiger partial charge in [0.1, 0.15) is 0 Å². The Morgan fingerprint density at radius 3 is 1.95 bits per heavy atom. The van der Waals surface area contributed by atoms with E-state index in [0.29, 0.717) is 0 Å². The largest absolute Gasteiger partial charge is 0.547 e. The molecule has 0 bridgehead atoms. The Balaban J connectivity index is 4.55. The Morgan fingerprint density at radius 2 is 1.63 bits per heavy atom. The van der Waals surface area contributed by atoms with Crippen LogP contribution in [0.4, 0.5) is 0 Å². The zero-order valence-electron chi connectivity index (χ0n) is 9.94. The summed E-state index contributed by atoms with van der Waals surface area (Å²) in [7, 11) is -4.47. The maximum absolute atomic E-state index is 11.8. The molecule has 0 aliphatic heterocycles. The van der Waals surface area contributed by atoms with E-state index < -0.39 is 25.1 Å². The Labute approximate surface area is 114 Å². The third-order valence-electron chi connectivity index (χ3n) is 1.22. The monoisotopic (exact) mass is 314 g/mol. The first kappa shape index (κ1) is 17.8. The van der Waals surface area contributed by atoms with Gasteiger partial charge in [-0.25, -0.2) is 14.2 Å². The molecule has 0 aromatic carbocycles. The van der Waals surface area contributed by atoms with Crippen molar-refractivity contribution in [2.75, 3.05) is 6.61 Å². The maximum atomic E-state index is 11.8. The van der Waals surface area contributed by atoms with Crippen LogP contribution in [0.2, 0.25) is 0 Å². The van der Waals surface area contributed by atoms with Gasteiger partial charge < -0.3 is 0 Å². The summed E-state index contributed by atoms with van der Waals surface area (Å²) >= 11 is 5.56. The van der Waals surface area contributed by atoms with Crippen molar-refractivity contribution in [2.24, 2.45) is 0 Å². The summed E-state index contributed by atoms with van der Waals surface area (Å²) in [6, 6.07) is 0. The van der Waals surface area contributed by atoms with Gasteiger partial charge in [-0.15, -0.1) is 11.6 Å². The van der Waals surface area contributed by atoms with E-state index in [9.17, 15) is 14.2 Å². The summed E-state index contributed by atoms with van der Waals surface area (Å²) in [5.41, 5.74) is 0. The fourth-order valence-corrected chi connectivity index (χ4v) is 1.48. The first-order chi connectivity index (χ1) is 8.83. The van der Waals surface area contributed by atoms with E-state index in [1.807, 2.05) is 0 Å². The van der Waals surface area contributed by atoms with E-state index >= 15 is 0 Å². The first-order valence-electron chi connectivity index (χ1n) is 4.77. The molecule has 1 atom stereocenters. The number of halogens is 1. The number of phosphoric acid groups is 1. The standard InChI is InChI=1S/C9H12ClO8P/c1-4-8(11)15-17-19(13,14-6-7(3)10)18-16-9(12)5-2/h4-5,7H,1-2,6H2,3H3. The highest BCUT2D eigenvalue weighted by Crippen LogP contribution is 2.50. The minimum atomic E-state index is -4.47. The van der Waals surface area contributed by atoms with Gasteiger partial charge in [0.25, 0.3) is 0 Å². The van der Waals surface area contributed by atoms with Crippen LogP contribution in [0.15, 0.2) is 25.3 Å². The van der Waals surface area contributed by atoms with E-state index in [-0.39, 0.29) is 6.61 Å². The molecule has 0 rings (SSSR count). The molecule has 0 fully saturated rings. The third kappa shape index (κ3) is 8.52. The molecule has 10 heteroatoms. The molecule has 0 aromatic rings. The molecule has 8 nitrogen and oxygen atoms in total. The van der Waals surface area contributed by atoms with Crippen molar-refractivity contribution in [1.82, 2.24) is 0 Å². The highest BCUT2D eigenvalue weighted by atomic mass is 35.5.